The van der Waals surface area contributed by atoms with Gasteiger partial charge in [-0.05, 0) is 87.2 Å². The third kappa shape index (κ3) is 4.96. The highest BCUT2D eigenvalue weighted by Gasteiger charge is 2.43. The van der Waals surface area contributed by atoms with E-state index in [0.717, 1.165) is 74.1 Å². The minimum absolute atomic E-state index is 0.0690. The van der Waals surface area contributed by atoms with E-state index in [4.69, 9.17) is 0 Å². The number of H-pyrrole nitrogens is 1. The van der Waals surface area contributed by atoms with Gasteiger partial charge in [0, 0.05) is 18.8 Å². The number of nitrogens with zero attached hydrogens (tertiary/aromatic N) is 4. The van der Waals surface area contributed by atoms with Crippen LogP contribution < -0.4 is 0 Å². The first-order chi connectivity index (χ1) is 16.9. The molecule has 0 spiro atoms. The number of piperidine rings is 1. The van der Waals surface area contributed by atoms with Crippen LogP contribution >= 0.6 is 0 Å². The van der Waals surface area contributed by atoms with Gasteiger partial charge in [-0.25, -0.2) is 4.79 Å². The molecule has 184 valence electrons. The van der Waals surface area contributed by atoms with Crippen molar-refractivity contribution < 1.29 is 9.90 Å². The van der Waals surface area contributed by atoms with E-state index in [9.17, 15) is 9.90 Å². The van der Waals surface area contributed by atoms with Gasteiger partial charge in [0.15, 0.2) is 0 Å². The third-order valence-corrected chi connectivity index (χ3v) is 8.07. The van der Waals surface area contributed by atoms with Crippen LogP contribution in [0.15, 0.2) is 54.7 Å². The summed E-state index contributed by atoms with van der Waals surface area (Å²) >= 11 is 0. The third-order valence-electron chi connectivity index (χ3n) is 8.07. The van der Waals surface area contributed by atoms with E-state index in [2.05, 4.69) is 82.7 Å². The number of amides is 1. The van der Waals surface area contributed by atoms with E-state index in [1.807, 2.05) is 6.20 Å². The first kappa shape index (κ1) is 23.5. The molecule has 0 saturated carbocycles. The first-order valence-corrected chi connectivity index (χ1v) is 12.7. The van der Waals surface area contributed by atoms with Crippen molar-refractivity contribution in [3.63, 3.8) is 0 Å². The second-order valence-corrected chi connectivity index (χ2v) is 10.5. The van der Waals surface area contributed by atoms with Gasteiger partial charge in [-0.1, -0.05) is 53.7 Å². The van der Waals surface area contributed by atoms with Crippen LogP contribution in [-0.4, -0.2) is 62.1 Å². The smallest absolute Gasteiger partial charge is 0.408 e. The summed E-state index contributed by atoms with van der Waals surface area (Å²) in [7, 11) is 0. The molecule has 35 heavy (non-hydrogen) atoms. The van der Waals surface area contributed by atoms with Gasteiger partial charge in [0.25, 0.3) is 0 Å². The van der Waals surface area contributed by atoms with E-state index in [-0.39, 0.29) is 6.04 Å². The summed E-state index contributed by atoms with van der Waals surface area (Å²) in [6, 6.07) is 17.1. The quantitative estimate of drug-likeness (QED) is 0.507. The van der Waals surface area contributed by atoms with Crippen molar-refractivity contribution in [2.45, 2.75) is 57.5 Å². The van der Waals surface area contributed by atoms with Crippen molar-refractivity contribution in [3.05, 3.63) is 71.5 Å². The molecule has 2 N–H and O–H groups in total. The molecule has 1 amide bonds. The summed E-state index contributed by atoms with van der Waals surface area (Å²) < 4.78 is 0. The Morgan fingerprint density at radius 1 is 1.00 bits per heavy atom. The molecule has 3 fully saturated rings. The van der Waals surface area contributed by atoms with Crippen molar-refractivity contribution in [2.24, 2.45) is 5.92 Å². The predicted octanol–water partition coefficient (Wildman–Crippen LogP) is 4.96. The van der Waals surface area contributed by atoms with Crippen LogP contribution in [0.3, 0.4) is 0 Å². The van der Waals surface area contributed by atoms with Crippen LogP contribution in [0.2, 0.25) is 0 Å². The number of aryl methyl sites for hydroxylation is 2. The Bertz CT molecular complexity index is 1120. The number of fused-ring (bicyclic) bond motifs is 4. The van der Waals surface area contributed by atoms with Crippen LogP contribution in [0, 0.1) is 5.92 Å². The fraction of sp³-hybridized carbons (Fsp3) is 0.464. The lowest BCUT2D eigenvalue weighted by Gasteiger charge is -2.45. The molecule has 3 aliphatic heterocycles. The standard InChI is InChI=1S/C28H35N5O2/c1-28(2,33(27(34)35)26-15-18-32-16-13-23(26)14-17-32)24-10-8-22(9-11-24)21-6-3-20(4-7-21)5-12-25-19-29-31-30-25/h3-4,6-11,19,23,26H,5,12-18H2,1-2H3,(H,34,35)(H,29,30,31). The number of aromatic amines is 1. The Kier molecular flexibility index (Phi) is 6.60. The maximum absolute atomic E-state index is 12.6. The van der Waals surface area contributed by atoms with Crippen LogP contribution in [0.4, 0.5) is 4.79 Å². The normalized spacial score (nSPS) is 22.1. The second-order valence-electron chi connectivity index (χ2n) is 10.5. The number of carboxylic acid groups (broad SMARTS) is 1. The molecule has 1 unspecified atom stereocenters. The summed E-state index contributed by atoms with van der Waals surface area (Å²) in [5, 5.41) is 20.9. The summed E-state index contributed by atoms with van der Waals surface area (Å²) in [6.45, 7) is 7.30. The van der Waals surface area contributed by atoms with Crippen molar-refractivity contribution >= 4 is 6.09 Å². The molecule has 3 aliphatic rings. The largest absolute Gasteiger partial charge is 0.465 e. The molecule has 3 saturated heterocycles. The van der Waals surface area contributed by atoms with Gasteiger partial charge in [0.05, 0.1) is 11.2 Å². The zero-order valence-electron chi connectivity index (χ0n) is 20.7. The van der Waals surface area contributed by atoms with E-state index >= 15 is 0 Å². The van der Waals surface area contributed by atoms with Gasteiger partial charge in [0.2, 0.25) is 0 Å². The van der Waals surface area contributed by atoms with Crippen LogP contribution in [-0.2, 0) is 18.4 Å². The monoisotopic (exact) mass is 473 g/mol. The fourth-order valence-electron chi connectivity index (χ4n) is 5.94. The molecular formula is C28H35N5O2. The molecule has 3 aromatic rings. The lowest BCUT2D eigenvalue weighted by molar-refractivity contribution is 0.0355. The molecule has 2 bridgehead atoms. The Morgan fingerprint density at radius 3 is 2.23 bits per heavy atom. The number of hydrogen-bond donors (Lipinski definition) is 2. The van der Waals surface area contributed by atoms with Crippen molar-refractivity contribution in [2.75, 3.05) is 19.6 Å². The lowest BCUT2D eigenvalue weighted by Crippen LogP contribution is -2.53. The lowest BCUT2D eigenvalue weighted by atomic mass is 9.84. The number of hydrogen-bond acceptors (Lipinski definition) is 4. The predicted molar refractivity (Wildman–Crippen MR) is 136 cm³/mol. The molecule has 1 aromatic heterocycles. The average molecular weight is 474 g/mol. The summed E-state index contributed by atoms with van der Waals surface area (Å²) in [5.41, 5.74) is 4.96. The number of rotatable bonds is 7. The number of aromatic nitrogens is 3. The van der Waals surface area contributed by atoms with E-state index in [1.54, 1.807) is 4.90 Å². The fourth-order valence-corrected chi connectivity index (χ4v) is 5.94. The molecule has 7 heteroatoms. The number of nitrogens with one attached hydrogen (secondary N) is 1. The van der Waals surface area contributed by atoms with Gasteiger partial charge in [0.1, 0.15) is 0 Å². The first-order valence-electron chi connectivity index (χ1n) is 12.7. The zero-order chi connectivity index (χ0) is 24.4. The van der Waals surface area contributed by atoms with Crippen LogP contribution in [0.5, 0.6) is 0 Å². The molecule has 2 aromatic carbocycles. The van der Waals surface area contributed by atoms with Gasteiger partial charge < -0.3 is 10.0 Å². The molecular weight excluding hydrogens is 438 g/mol. The molecule has 7 nitrogen and oxygen atoms in total. The zero-order valence-corrected chi connectivity index (χ0v) is 20.7. The minimum Gasteiger partial charge on any atom is -0.465 e. The van der Waals surface area contributed by atoms with Crippen LogP contribution in [0.1, 0.15) is 49.9 Å². The number of benzene rings is 2. The minimum atomic E-state index is -0.814. The second kappa shape index (κ2) is 9.82. The molecule has 1 atom stereocenters. The van der Waals surface area contributed by atoms with Gasteiger partial charge in [-0.15, -0.1) is 5.10 Å². The maximum Gasteiger partial charge on any atom is 0.408 e. The van der Waals surface area contributed by atoms with E-state index < -0.39 is 11.6 Å². The molecule has 4 heterocycles. The van der Waals surface area contributed by atoms with Crippen molar-refractivity contribution in [3.8, 4) is 11.1 Å². The average Bonchev–Trinajstić information content (AvgIpc) is 3.24. The van der Waals surface area contributed by atoms with E-state index in [1.165, 1.54) is 5.56 Å². The molecule has 0 aliphatic carbocycles. The summed E-state index contributed by atoms with van der Waals surface area (Å²) in [4.78, 5) is 16.8. The Hall–Kier alpha value is -3.19. The van der Waals surface area contributed by atoms with Gasteiger partial charge >= 0.3 is 6.09 Å². The topological polar surface area (TPSA) is 85.3 Å². The summed E-state index contributed by atoms with van der Waals surface area (Å²) in [5.74, 6) is 0.450. The van der Waals surface area contributed by atoms with Crippen molar-refractivity contribution in [1.82, 2.24) is 25.2 Å². The highest BCUT2D eigenvalue weighted by Crippen LogP contribution is 2.38. The van der Waals surface area contributed by atoms with Gasteiger partial charge in [-0.3, -0.25) is 10.00 Å². The van der Waals surface area contributed by atoms with E-state index in [0.29, 0.717) is 5.92 Å². The Morgan fingerprint density at radius 2 is 1.63 bits per heavy atom. The Labute approximate surface area is 207 Å². The SMILES string of the molecule is CC(C)(c1ccc(-c2ccc(CCc3c[nH]nn3)cc2)cc1)N(C(=O)O)C1CCN2CCC1CC2. The summed E-state index contributed by atoms with van der Waals surface area (Å²) in [6.07, 6.45) is 5.91. The van der Waals surface area contributed by atoms with Gasteiger partial charge in [-0.2, -0.15) is 0 Å². The highest BCUT2D eigenvalue weighted by molar-refractivity contribution is 5.68. The Balaban J connectivity index is 1.31. The van der Waals surface area contributed by atoms with Crippen molar-refractivity contribution in [1.29, 1.82) is 0 Å². The van der Waals surface area contributed by atoms with Crippen LogP contribution in [0.25, 0.3) is 11.1 Å². The molecule has 0 radical (unpaired) electrons. The maximum atomic E-state index is 12.6. The highest BCUT2D eigenvalue weighted by atomic mass is 16.4. The number of carbonyl (C=O) groups is 1. The molecule has 6 rings (SSSR count).